The Labute approximate surface area is 68.8 Å². The third-order valence-electron chi connectivity index (χ3n) is 1.22. The molecule has 0 radical (unpaired) electrons. The van der Waals surface area contributed by atoms with Crippen LogP contribution in [0.25, 0.3) is 0 Å². The normalized spacial score (nSPS) is 9.80. The molecule has 0 aliphatic carbocycles. The van der Waals surface area contributed by atoms with Gasteiger partial charge in [-0.25, -0.2) is 0 Å². The number of hydrogen-bond donors (Lipinski definition) is 1. The molecule has 1 aromatic heterocycles. The third kappa shape index (κ3) is 1.78. The van der Waals surface area contributed by atoms with Crippen LogP contribution >= 0.6 is 15.9 Å². The second-order valence-corrected chi connectivity index (χ2v) is 2.85. The number of rotatable bonds is 2. The Morgan fingerprint density at radius 2 is 2.50 bits per heavy atom. The summed E-state index contributed by atoms with van der Waals surface area (Å²) in [5.41, 5.74) is 1.23. The Kier molecular flexibility index (Phi) is 2.83. The summed E-state index contributed by atoms with van der Waals surface area (Å²) in [5.74, 6) is 0. The average Bonchev–Trinajstić information content (AvgIpc) is 1.94. The van der Waals surface area contributed by atoms with Crippen molar-refractivity contribution >= 4 is 15.9 Å². The lowest BCUT2D eigenvalue weighted by Gasteiger charge is -2.00. The van der Waals surface area contributed by atoms with Gasteiger partial charge in [0.15, 0.2) is 0 Å². The van der Waals surface area contributed by atoms with E-state index in [0.29, 0.717) is 0 Å². The summed E-state index contributed by atoms with van der Waals surface area (Å²) in [6, 6.07) is 1.99. The minimum atomic E-state index is 0.878. The van der Waals surface area contributed by atoms with Crippen LogP contribution in [0, 0.1) is 0 Å². The molecule has 0 aliphatic heterocycles. The fourth-order valence-electron chi connectivity index (χ4n) is 0.738. The second kappa shape index (κ2) is 3.68. The smallest absolute Gasteiger partial charge is 0.0413 e. The highest BCUT2D eigenvalue weighted by Crippen LogP contribution is 2.13. The van der Waals surface area contributed by atoms with Gasteiger partial charge in [-0.15, -0.1) is 0 Å². The zero-order valence-corrected chi connectivity index (χ0v) is 7.35. The van der Waals surface area contributed by atoms with Crippen LogP contribution in [0.5, 0.6) is 0 Å². The van der Waals surface area contributed by atoms with Crippen molar-refractivity contribution in [2.24, 2.45) is 0 Å². The second-order valence-electron chi connectivity index (χ2n) is 2.00. The number of nitrogens with one attached hydrogen (secondary N) is 1. The summed E-state index contributed by atoms with van der Waals surface area (Å²) in [6.07, 6.45) is 3.59. The number of halogens is 1. The van der Waals surface area contributed by atoms with E-state index in [9.17, 15) is 0 Å². The molecule has 1 heterocycles. The highest BCUT2D eigenvalue weighted by Gasteiger charge is 1.94. The maximum Gasteiger partial charge on any atom is 0.0413 e. The highest BCUT2D eigenvalue weighted by atomic mass is 79.9. The number of pyridine rings is 1. The predicted molar refractivity (Wildman–Crippen MR) is 44.7 cm³/mol. The topological polar surface area (TPSA) is 24.9 Å². The van der Waals surface area contributed by atoms with Gasteiger partial charge in [0.2, 0.25) is 0 Å². The van der Waals surface area contributed by atoms with Gasteiger partial charge in [-0.1, -0.05) is 0 Å². The van der Waals surface area contributed by atoms with Crippen molar-refractivity contribution in [1.82, 2.24) is 10.3 Å². The molecule has 0 fully saturated rings. The van der Waals surface area contributed by atoms with Crippen LogP contribution in [0.15, 0.2) is 22.9 Å². The minimum Gasteiger partial charge on any atom is -0.316 e. The van der Waals surface area contributed by atoms with Crippen LogP contribution < -0.4 is 5.32 Å². The quantitative estimate of drug-likeness (QED) is 0.785. The van der Waals surface area contributed by atoms with E-state index in [0.717, 1.165) is 11.0 Å². The maximum atomic E-state index is 3.95. The number of hydrogen-bond acceptors (Lipinski definition) is 2. The highest BCUT2D eigenvalue weighted by molar-refractivity contribution is 9.10. The molecule has 3 heteroatoms. The van der Waals surface area contributed by atoms with Crippen LogP contribution in [0.4, 0.5) is 0 Å². The first-order valence-corrected chi connectivity index (χ1v) is 3.87. The van der Waals surface area contributed by atoms with Gasteiger partial charge in [0.25, 0.3) is 0 Å². The van der Waals surface area contributed by atoms with Crippen LogP contribution in [-0.2, 0) is 6.54 Å². The van der Waals surface area contributed by atoms with Gasteiger partial charge in [-0.05, 0) is 34.6 Å². The molecule has 1 aromatic rings. The molecule has 10 heavy (non-hydrogen) atoms. The van der Waals surface area contributed by atoms with Crippen molar-refractivity contribution in [2.45, 2.75) is 6.54 Å². The minimum absolute atomic E-state index is 0.878. The van der Waals surface area contributed by atoms with E-state index in [1.54, 1.807) is 12.4 Å². The van der Waals surface area contributed by atoms with Gasteiger partial charge in [0, 0.05) is 23.4 Å². The summed E-state index contributed by atoms with van der Waals surface area (Å²) in [7, 11) is 1.92. The molecule has 0 saturated carbocycles. The number of nitrogens with zero attached hydrogens (tertiary/aromatic N) is 1. The molecule has 2 nitrogen and oxygen atoms in total. The molecule has 0 aliphatic rings. The Balaban J connectivity index is 2.81. The van der Waals surface area contributed by atoms with E-state index in [1.165, 1.54) is 5.56 Å². The van der Waals surface area contributed by atoms with E-state index in [-0.39, 0.29) is 0 Å². The predicted octanol–water partition coefficient (Wildman–Crippen LogP) is 1.56. The van der Waals surface area contributed by atoms with Crippen molar-refractivity contribution in [1.29, 1.82) is 0 Å². The first-order valence-electron chi connectivity index (χ1n) is 3.07. The lowest BCUT2D eigenvalue weighted by molar-refractivity contribution is 0.812. The molecule has 0 unspecified atom stereocenters. The van der Waals surface area contributed by atoms with Crippen LogP contribution in [0.2, 0.25) is 0 Å². The Morgan fingerprint density at radius 1 is 1.70 bits per heavy atom. The van der Waals surface area contributed by atoms with Gasteiger partial charge in [0.05, 0.1) is 0 Å². The number of aromatic nitrogens is 1. The molecule has 54 valence electrons. The van der Waals surface area contributed by atoms with Crippen molar-refractivity contribution in [2.75, 3.05) is 7.05 Å². The molecule has 0 spiro atoms. The van der Waals surface area contributed by atoms with E-state index < -0.39 is 0 Å². The fourth-order valence-corrected chi connectivity index (χ4v) is 1.13. The van der Waals surface area contributed by atoms with E-state index in [4.69, 9.17) is 0 Å². The van der Waals surface area contributed by atoms with Crippen LogP contribution in [0.1, 0.15) is 5.56 Å². The average molecular weight is 201 g/mol. The van der Waals surface area contributed by atoms with E-state index in [2.05, 4.69) is 26.2 Å². The van der Waals surface area contributed by atoms with Crippen molar-refractivity contribution < 1.29 is 0 Å². The molecule has 0 saturated heterocycles. The molecule has 0 bridgehead atoms. The summed E-state index contributed by atoms with van der Waals surface area (Å²) in [6.45, 7) is 0.878. The first-order chi connectivity index (χ1) is 4.84. The van der Waals surface area contributed by atoms with E-state index >= 15 is 0 Å². The third-order valence-corrected chi connectivity index (χ3v) is 1.94. The zero-order chi connectivity index (χ0) is 7.40. The largest absolute Gasteiger partial charge is 0.316 e. The SMILES string of the molecule is CNCc1ccncc1Br. The summed E-state index contributed by atoms with van der Waals surface area (Å²) >= 11 is 3.39. The molecule has 1 N–H and O–H groups in total. The Bertz CT molecular complexity index is 213. The fraction of sp³-hybridized carbons (Fsp3) is 0.286. The van der Waals surface area contributed by atoms with Gasteiger partial charge in [0.1, 0.15) is 0 Å². The standard InChI is InChI=1S/C7H9BrN2/c1-9-4-6-2-3-10-5-7(6)8/h2-3,5,9H,4H2,1H3. The van der Waals surface area contributed by atoms with Crippen molar-refractivity contribution in [3.8, 4) is 0 Å². The lowest BCUT2D eigenvalue weighted by atomic mass is 10.3. The first kappa shape index (κ1) is 7.69. The summed E-state index contributed by atoms with van der Waals surface area (Å²) in [4.78, 5) is 3.95. The summed E-state index contributed by atoms with van der Waals surface area (Å²) < 4.78 is 1.06. The van der Waals surface area contributed by atoms with Crippen LogP contribution in [-0.4, -0.2) is 12.0 Å². The Hall–Kier alpha value is -0.410. The van der Waals surface area contributed by atoms with Gasteiger partial charge >= 0.3 is 0 Å². The summed E-state index contributed by atoms with van der Waals surface area (Å²) in [5, 5.41) is 3.07. The lowest BCUT2D eigenvalue weighted by Crippen LogP contribution is -2.05. The van der Waals surface area contributed by atoms with Crippen molar-refractivity contribution in [3.63, 3.8) is 0 Å². The molecule has 0 atom stereocenters. The Morgan fingerprint density at radius 3 is 3.10 bits per heavy atom. The van der Waals surface area contributed by atoms with Crippen molar-refractivity contribution in [3.05, 3.63) is 28.5 Å². The molecule has 0 aromatic carbocycles. The zero-order valence-electron chi connectivity index (χ0n) is 5.76. The van der Waals surface area contributed by atoms with Crippen LogP contribution in [0.3, 0.4) is 0 Å². The molecular formula is C7H9BrN2. The monoisotopic (exact) mass is 200 g/mol. The van der Waals surface area contributed by atoms with E-state index in [1.807, 2.05) is 13.1 Å². The molecule has 0 amide bonds. The molecular weight excluding hydrogens is 192 g/mol. The van der Waals surface area contributed by atoms with Gasteiger partial charge < -0.3 is 5.32 Å². The maximum absolute atomic E-state index is 3.95. The van der Waals surface area contributed by atoms with Gasteiger partial charge in [-0.2, -0.15) is 0 Å². The molecule has 1 rings (SSSR count). The van der Waals surface area contributed by atoms with Gasteiger partial charge in [-0.3, -0.25) is 4.98 Å².